The predicted octanol–water partition coefficient (Wildman–Crippen LogP) is 3.16. The van der Waals surface area contributed by atoms with E-state index in [9.17, 15) is 9.59 Å². The zero-order chi connectivity index (χ0) is 17.7. The summed E-state index contributed by atoms with van der Waals surface area (Å²) in [5.74, 6) is -0.689. The monoisotopic (exact) mass is 393 g/mol. The van der Waals surface area contributed by atoms with Gasteiger partial charge in [-0.25, -0.2) is 4.79 Å². The highest BCUT2D eigenvalue weighted by molar-refractivity contribution is 9.10. The molecule has 0 bridgehead atoms. The van der Waals surface area contributed by atoms with Crippen LogP contribution in [0.25, 0.3) is 6.08 Å². The van der Waals surface area contributed by atoms with Crippen molar-refractivity contribution in [3.05, 3.63) is 51.1 Å². The number of hydrogen-bond donors (Lipinski definition) is 0. The van der Waals surface area contributed by atoms with Crippen LogP contribution in [0.3, 0.4) is 0 Å². The highest BCUT2D eigenvalue weighted by Crippen LogP contribution is 2.31. The average molecular weight is 394 g/mol. The molecule has 0 aromatic heterocycles. The molecule has 1 aliphatic heterocycles. The van der Waals surface area contributed by atoms with E-state index >= 15 is 0 Å². The van der Waals surface area contributed by atoms with Crippen molar-refractivity contribution in [1.82, 2.24) is 4.90 Å². The van der Waals surface area contributed by atoms with E-state index in [4.69, 9.17) is 9.47 Å². The maximum Gasteiger partial charge on any atom is 0.340 e. The van der Waals surface area contributed by atoms with Crippen LogP contribution >= 0.6 is 15.9 Å². The maximum atomic E-state index is 12.8. The predicted molar refractivity (Wildman–Crippen MR) is 95.0 cm³/mol. The van der Waals surface area contributed by atoms with Crippen molar-refractivity contribution >= 4 is 33.9 Å². The van der Waals surface area contributed by atoms with Crippen molar-refractivity contribution in [3.8, 4) is 0 Å². The standard InChI is InChI=1S/C18H20BrNO4/c1-12-16(18(22)24-3)15(11-13-5-7-14(19)8-6-13)17(21)20(12)9-4-10-23-2/h5-8,11H,4,9-10H2,1-3H3. The number of halogens is 1. The van der Waals surface area contributed by atoms with Crippen molar-refractivity contribution in [1.29, 1.82) is 0 Å². The van der Waals surface area contributed by atoms with Crippen LogP contribution in [0.5, 0.6) is 0 Å². The van der Waals surface area contributed by atoms with Crippen molar-refractivity contribution in [2.24, 2.45) is 0 Å². The number of esters is 1. The Balaban J connectivity index is 2.39. The van der Waals surface area contributed by atoms with E-state index < -0.39 is 5.97 Å². The van der Waals surface area contributed by atoms with Crippen LogP contribution in [0, 0.1) is 0 Å². The van der Waals surface area contributed by atoms with Gasteiger partial charge in [-0.1, -0.05) is 28.1 Å². The molecule has 0 spiro atoms. The van der Waals surface area contributed by atoms with E-state index in [1.165, 1.54) is 7.11 Å². The first kappa shape index (κ1) is 18.4. The van der Waals surface area contributed by atoms with Gasteiger partial charge in [-0.05, 0) is 37.1 Å². The van der Waals surface area contributed by atoms with Gasteiger partial charge >= 0.3 is 5.97 Å². The van der Waals surface area contributed by atoms with Gasteiger partial charge in [0.05, 0.1) is 18.3 Å². The smallest absolute Gasteiger partial charge is 0.340 e. The number of amides is 1. The van der Waals surface area contributed by atoms with E-state index in [0.717, 1.165) is 10.0 Å². The zero-order valence-corrected chi connectivity index (χ0v) is 15.6. The number of carbonyl (C=O) groups excluding carboxylic acids is 2. The van der Waals surface area contributed by atoms with Gasteiger partial charge in [-0.15, -0.1) is 0 Å². The molecule has 0 radical (unpaired) electrons. The molecule has 0 aliphatic carbocycles. The highest BCUT2D eigenvalue weighted by Gasteiger charge is 2.36. The number of carbonyl (C=O) groups is 2. The van der Waals surface area contributed by atoms with Crippen molar-refractivity contribution < 1.29 is 19.1 Å². The summed E-state index contributed by atoms with van der Waals surface area (Å²) in [5, 5.41) is 0. The SMILES string of the molecule is COCCCN1C(=O)C(=Cc2ccc(Br)cc2)C(C(=O)OC)=C1C. The molecule has 0 unspecified atom stereocenters. The molecule has 24 heavy (non-hydrogen) atoms. The summed E-state index contributed by atoms with van der Waals surface area (Å²) in [5.41, 5.74) is 2.14. The Kier molecular flexibility index (Phi) is 6.34. The summed E-state index contributed by atoms with van der Waals surface area (Å²) in [6, 6.07) is 7.53. The number of hydrogen-bond acceptors (Lipinski definition) is 4. The molecule has 0 fully saturated rings. The Morgan fingerprint density at radius 2 is 1.92 bits per heavy atom. The second-order valence-corrected chi connectivity index (χ2v) is 6.28. The fraction of sp³-hybridized carbons (Fsp3) is 0.333. The van der Waals surface area contributed by atoms with Crippen LogP contribution in [-0.4, -0.2) is 44.1 Å². The summed E-state index contributed by atoms with van der Waals surface area (Å²) >= 11 is 3.38. The first-order chi connectivity index (χ1) is 11.5. The molecule has 0 saturated heterocycles. The lowest BCUT2D eigenvalue weighted by Gasteiger charge is -2.17. The second-order valence-electron chi connectivity index (χ2n) is 5.36. The van der Waals surface area contributed by atoms with E-state index in [-0.39, 0.29) is 5.91 Å². The fourth-order valence-corrected chi connectivity index (χ4v) is 2.85. The molecule has 1 heterocycles. The molecule has 1 aliphatic rings. The van der Waals surface area contributed by atoms with Crippen LogP contribution in [0.2, 0.25) is 0 Å². The van der Waals surface area contributed by atoms with Gasteiger partial charge in [-0.3, -0.25) is 4.79 Å². The van der Waals surface area contributed by atoms with Crippen LogP contribution < -0.4 is 0 Å². The quantitative estimate of drug-likeness (QED) is 0.423. The fourth-order valence-electron chi connectivity index (χ4n) is 2.59. The molecule has 1 aromatic carbocycles. The minimum Gasteiger partial charge on any atom is -0.465 e. The third kappa shape index (κ3) is 3.94. The van der Waals surface area contributed by atoms with Gasteiger partial charge in [0, 0.05) is 30.4 Å². The Bertz CT molecular complexity index is 691. The minimum atomic E-state index is -0.501. The van der Waals surface area contributed by atoms with Crippen LogP contribution in [0.4, 0.5) is 0 Å². The highest BCUT2D eigenvalue weighted by atomic mass is 79.9. The summed E-state index contributed by atoms with van der Waals surface area (Å²) < 4.78 is 10.8. The molecule has 0 atom stereocenters. The van der Waals surface area contributed by atoms with Crippen LogP contribution in [-0.2, 0) is 19.1 Å². The van der Waals surface area contributed by atoms with Crippen LogP contribution in [0.15, 0.2) is 45.6 Å². The first-order valence-corrected chi connectivity index (χ1v) is 8.36. The van der Waals surface area contributed by atoms with Gasteiger partial charge in [0.25, 0.3) is 5.91 Å². The lowest BCUT2D eigenvalue weighted by molar-refractivity contribution is -0.136. The van der Waals surface area contributed by atoms with E-state index in [2.05, 4.69) is 15.9 Å². The molecule has 1 amide bonds. The van der Waals surface area contributed by atoms with Crippen molar-refractivity contribution in [3.63, 3.8) is 0 Å². The largest absolute Gasteiger partial charge is 0.465 e. The molecule has 6 heteroatoms. The summed E-state index contributed by atoms with van der Waals surface area (Å²) in [7, 11) is 2.94. The van der Waals surface area contributed by atoms with Gasteiger partial charge in [0.15, 0.2) is 0 Å². The normalized spacial score (nSPS) is 16.2. The number of ether oxygens (including phenoxy) is 2. The number of allylic oxidation sites excluding steroid dienone is 1. The lowest BCUT2D eigenvalue weighted by atomic mass is 10.0. The lowest BCUT2D eigenvalue weighted by Crippen LogP contribution is -2.26. The van der Waals surface area contributed by atoms with E-state index in [1.807, 2.05) is 24.3 Å². The third-order valence-corrected chi connectivity index (χ3v) is 4.34. The Hall–Kier alpha value is -1.92. The van der Waals surface area contributed by atoms with E-state index in [1.54, 1.807) is 25.0 Å². The summed E-state index contributed by atoms with van der Waals surface area (Å²) in [6.07, 6.45) is 2.42. The number of rotatable bonds is 6. The van der Waals surface area contributed by atoms with Gasteiger partial charge in [-0.2, -0.15) is 0 Å². The number of methoxy groups -OCH3 is 2. The minimum absolute atomic E-state index is 0.188. The molecule has 5 nitrogen and oxygen atoms in total. The Morgan fingerprint density at radius 1 is 1.25 bits per heavy atom. The van der Waals surface area contributed by atoms with Gasteiger partial charge < -0.3 is 14.4 Å². The topological polar surface area (TPSA) is 55.8 Å². The second kappa shape index (κ2) is 8.26. The van der Waals surface area contributed by atoms with Crippen molar-refractivity contribution in [2.75, 3.05) is 27.4 Å². The van der Waals surface area contributed by atoms with Gasteiger partial charge in [0.1, 0.15) is 0 Å². The molecule has 128 valence electrons. The molecule has 1 aromatic rings. The van der Waals surface area contributed by atoms with Gasteiger partial charge in [0.2, 0.25) is 0 Å². The molecule has 2 rings (SSSR count). The molecule has 0 saturated carbocycles. The summed E-state index contributed by atoms with van der Waals surface area (Å²) in [6.45, 7) is 2.81. The third-order valence-electron chi connectivity index (χ3n) is 3.81. The zero-order valence-electron chi connectivity index (χ0n) is 14.0. The number of benzene rings is 1. The summed E-state index contributed by atoms with van der Waals surface area (Å²) in [4.78, 5) is 26.5. The average Bonchev–Trinajstić information content (AvgIpc) is 2.80. The number of nitrogens with zero attached hydrogens (tertiary/aromatic N) is 1. The first-order valence-electron chi connectivity index (χ1n) is 7.57. The maximum absolute atomic E-state index is 12.8. The molecular formula is C18H20BrNO4. The molecule has 0 N–H and O–H groups in total. The van der Waals surface area contributed by atoms with Crippen LogP contribution in [0.1, 0.15) is 18.9 Å². The Morgan fingerprint density at radius 3 is 2.50 bits per heavy atom. The molecular weight excluding hydrogens is 374 g/mol. The van der Waals surface area contributed by atoms with E-state index in [0.29, 0.717) is 36.4 Å². The Labute approximate surface area is 150 Å². The van der Waals surface area contributed by atoms with Crippen molar-refractivity contribution in [2.45, 2.75) is 13.3 Å².